The summed E-state index contributed by atoms with van der Waals surface area (Å²) in [6.07, 6.45) is 0. The first-order valence-electron chi connectivity index (χ1n) is 8.53. The predicted molar refractivity (Wildman–Crippen MR) is 101 cm³/mol. The van der Waals surface area contributed by atoms with Crippen LogP contribution in [0.5, 0.6) is 5.75 Å². The lowest BCUT2D eigenvalue weighted by molar-refractivity contribution is -0.117. The van der Waals surface area contributed by atoms with Crippen molar-refractivity contribution in [3.8, 4) is 5.75 Å². The molecule has 1 saturated heterocycles. The van der Waals surface area contributed by atoms with Gasteiger partial charge in [-0.05, 0) is 48.9 Å². The van der Waals surface area contributed by atoms with E-state index in [4.69, 9.17) is 4.74 Å². The summed E-state index contributed by atoms with van der Waals surface area (Å²) in [7, 11) is 3.35. The molecule has 1 atom stereocenters. The lowest BCUT2D eigenvalue weighted by Gasteiger charge is -2.26. The SMILES string of the molecule is COc1cccc([C@@H](C)N(C)C(=O)c2ccc(N3CC(=O)NC3=O)cc2)c1. The fourth-order valence-corrected chi connectivity index (χ4v) is 2.94. The van der Waals surface area contributed by atoms with E-state index in [-0.39, 0.29) is 24.4 Å². The highest BCUT2D eigenvalue weighted by Crippen LogP contribution is 2.25. The van der Waals surface area contributed by atoms with Crippen molar-refractivity contribution in [2.24, 2.45) is 0 Å². The van der Waals surface area contributed by atoms with E-state index in [9.17, 15) is 14.4 Å². The van der Waals surface area contributed by atoms with Crippen molar-refractivity contribution in [2.45, 2.75) is 13.0 Å². The second-order valence-electron chi connectivity index (χ2n) is 6.35. The first-order chi connectivity index (χ1) is 12.9. The third kappa shape index (κ3) is 3.76. The first-order valence-corrected chi connectivity index (χ1v) is 8.53. The molecule has 1 heterocycles. The van der Waals surface area contributed by atoms with Crippen LogP contribution in [0.3, 0.4) is 0 Å². The second kappa shape index (κ2) is 7.49. The third-order valence-corrected chi connectivity index (χ3v) is 4.70. The Labute approximate surface area is 157 Å². The van der Waals surface area contributed by atoms with Gasteiger partial charge >= 0.3 is 6.03 Å². The van der Waals surface area contributed by atoms with Crippen molar-refractivity contribution in [3.05, 3.63) is 59.7 Å². The highest BCUT2D eigenvalue weighted by molar-refractivity contribution is 6.12. The molecular weight excluding hydrogens is 346 g/mol. The van der Waals surface area contributed by atoms with Crippen LogP contribution in [0, 0.1) is 0 Å². The lowest BCUT2D eigenvalue weighted by Crippen LogP contribution is -2.30. The molecule has 0 aliphatic carbocycles. The number of nitrogens with zero attached hydrogens (tertiary/aromatic N) is 2. The largest absolute Gasteiger partial charge is 0.497 e. The first kappa shape index (κ1) is 18.4. The molecule has 2 aromatic carbocycles. The number of methoxy groups -OCH3 is 1. The van der Waals surface area contributed by atoms with Crippen LogP contribution in [0.15, 0.2) is 48.5 Å². The van der Waals surface area contributed by atoms with Gasteiger partial charge in [0, 0.05) is 18.3 Å². The van der Waals surface area contributed by atoms with Crippen LogP contribution in [0.2, 0.25) is 0 Å². The third-order valence-electron chi connectivity index (χ3n) is 4.70. The van der Waals surface area contributed by atoms with Gasteiger partial charge in [0.2, 0.25) is 5.91 Å². The molecular formula is C20H21N3O4. The Kier molecular flexibility index (Phi) is 5.12. The van der Waals surface area contributed by atoms with Gasteiger partial charge in [-0.2, -0.15) is 0 Å². The number of hydrogen-bond acceptors (Lipinski definition) is 4. The van der Waals surface area contributed by atoms with Gasteiger partial charge in [0.1, 0.15) is 12.3 Å². The highest BCUT2D eigenvalue weighted by Gasteiger charge is 2.28. The zero-order valence-corrected chi connectivity index (χ0v) is 15.4. The van der Waals surface area contributed by atoms with Crippen molar-refractivity contribution in [1.82, 2.24) is 10.2 Å². The van der Waals surface area contributed by atoms with Gasteiger partial charge in [-0.1, -0.05) is 12.1 Å². The molecule has 2 aromatic rings. The topological polar surface area (TPSA) is 79.0 Å². The standard InChI is InChI=1S/C20H21N3O4/c1-13(15-5-4-6-17(11-15)27-3)22(2)19(25)14-7-9-16(10-8-14)23-12-18(24)21-20(23)26/h4-11,13H,12H2,1-3H3,(H,21,24,26)/t13-/m1/s1. The number of rotatable bonds is 5. The number of amides is 4. The van der Waals surface area contributed by atoms with Gasteiger partial charge in [0.25, 0.3) is 5.91 Å². The van der Waals surface area contributed by atoms with Crippen LogP contribution >= 0.6 is 0 Å². The minimum atomic E-state index is -0.456. The van der Waals surface area contributed by atoms with Crippen LogP contribution in [0.4, 0.5) is 10.5 Å². The normalized spacial score (nSPS) is 14.7. The van der Waals surface area contributed by atoms with Crippen LogP contribution in [-0.4, -0.2) is 43.4 Å². The minimum Gasteiger partial charge on any atom is -0.497 e. The van der Waals surface area contributed by atoms with E-state index in [2.05, 4.69) is 5.32 Å². The van der Waals surface area contributed by atoms with Crippen molar-refractivity contribution in [1.29, 1.82) is 0 Å². The summed E-state index contributed by atoms with van der Waals surface area (Å²) in [6.45, 7) is 1.93. The molecule has 1 aliphatic heterocycles. The van der Waals surface area contributed by atoms with E-state index in [1.54, 1.807) is 43.3 Å². The Morgan fingerprint density at radius 3 is 2.48 bits per heavy atom. The number of imide groups is 1. The van der Waals surface area contributed by atoms with Gasteiger partial charge in [-0.25, -0.2) is 4.79 Å². The summed E-state index contributed by atoms with van der Waals surface area (Å²) in [5.74, 6) is 0.258. The Hall–Kier alpha value is -3.35. The summed E-state index contributed by atoms with van der Waals surface area (Å²) in [6, 6.07) is 13.6. The summed E-state index contributed by atoms with van der Waals surface area (Å²) in [5.41, 5.74) is 2.04. The molecule has 140 valence electrons. The van der Waals surface area contributed by atoms with E-state index in [0.717, 1.165) is 11.3 Å². The molecule has 1 N–H and O–H groups in total. The van der Waals surface area contributed by atoms with Crippen LogP contribution in [0.1, 0.15) is 28.9 Å². The smallest absolute Gasteiger partial charge is 0.329 e. The average Bonchev–Trinajstić information content (AvgIpc) is 3.04. The molecule has 3 rings (SSSR count). The van der Waals surface area contributed by atoms with E-state index in [0.29, 0.717) is 11.3 Å². The van der Waals surface area contributed by atoms with Gasteiger partial charge in [-0.15, -0.1) is 0 Å². The monoisotopic (exact) mass is 367 g/mol. The molecule has 7 heteroatoms. The Morgan fingerprint density at radius 2 is 1.89 bits per heavy atom. The molecule has 7 nitrogen and oxygen atoms in total. The average molecular weight is 367 g/mol. The van der Waals surface area contributed by atoms with Crippen molar-refractivity contribution < 1.29 is 19.1 Å². The van der Waals surface area contributed by atoms with E-state index in [1.807, 2.05) is 31.2 Å². The quantitative estimate of drug-likeness (QED) is 0.824. The maximum atomic E-state index is 12.8. The lowest BCUT2D eigenvalue weighted by atomic mass is 10.1. The molecule has 0 radical (unpaired) electrons. The highest BCUT2D eigenvalue weighted by atomic mass is 16.5. The molecule has 0 bridgehead atoms. The Balaban J connectivity index is 1.74. The van der Waals surface area contributed by atoms with E-state index < -0.39 is 6.03 Å². The molecule has 0 unspecified atom stereocenters. The number of carbonyl (C=O) groups is 3. The van der Waals surface area contributed by atoms with Gasteiger partial charge in [0.15, 0.2) is 0 Å². The second-order valence-corrected chi connectivity index (χ2v) is 6.35. The zero-order valence-electron chi connectivity index (χ0n) is 15.4. The fraction of sp³-hybridized carbons (Fsp3) is 0.250. The number of ether oxygens (including phenoxy) is 1. The number of anilines is 1. The van der Waals surface area contributed by atoms with Crippen molar-refractivity contribution >= 4 is 23.5 Å². The minimum absolute atomic E-state index is 0.0150. The number of benzene rings is 2. The predicted octanol–water partition coefficient (Wildman–Crippen LogP) is 2.58. The maximum Gasteiger partial charge on any atom is 0.329 e. The number of hydrogen-bond donors (Lipinski definition) is 1. The summed E-state index contributed by atoms with van der Waals surface area (Å²) in [4.78, 5) is 38.8. The van der Waals surface area contributed by atoms with Crippen LogP contribution < -0.4 is 15.0 Å². The maximum absolute atomic E-state index is 12.8. The van der Waals surface area contributed by atoms with Crippen molar-refractivity contribution in [3.63, 3.8) is 0 Å². The van der Waals surface area contributed by atoms with Crippen LogP contribution in [0.25, 0.3) is 0 Å². The van der Waals surface area contributed by atoms with Gasteiger partial charge in [0.05, 0.1) is 13.2 Å². The fourth-order valence-electron chi connectivity index (χ4n) is 2.94. The summed E-state index contributed by atoms with van der Waals surface area (Å²) >= 11 is 0. The Morgan fingerprint density at radius 1 is 1.19 bits per heavy atom. The summed E-state index contributed by atoms with van der Waals surface area (Å²) in [5, 5.41) is 2.23. The molecule has 27 heavy (non-hydrogen) atoms. The summed E-state index contributed by atoms with van der Waals surface area (Å²) < 4.78 is 5.24. The molecule has 0 spiro atoms. The van der Waals surface area contributed by atoms with Crippen molar-refractivity contribution in [2.75, 3.05) is 25.6 Å². The number of urea groups is 1. The molecule has 1 fully saturated rings. The number of nitrogens with one attached hydrogen (secondary N) is 1. The molecule has 4 amide bonds. The molecule has 0 aromatic heterocycles. The van der Waals surface area contributed by atoms with E-state index in [1.165, 1.54) is 4.90 Å². The molecule has 0 saturated carbocycles. The number of carbonyl (C=O) groups excluding carboxylic acids is 3. The van der Waals surface area contributed by atoms with E-state index >= 15 is 0 Å². The molecule has 1 aliphatic rings. The van der Waals surface area contributed by atoms with Crippen LogP contribution in [-0.2, 0) is 4.79 Å². The zero-order chi connectivity index (χ0) is 19.6. The van der Waals surface area contributed by atoms with Gasteiger partial charge < -0.3 is 9.64 Å². The Bertz CT molecular complexity index is 879. The van der Waals surface area contributed by atoms with Gasteiger partial charge in [-0.3, -0.25) is 19.8 Å².